The molecule has 6 rings (SSSR count). The highest BCUT2D eigenvalue weighted by molar-refractivity contribution is 7.90. The van der Waals surface area contributed by atoms with E-state index in [0.717, 1.165) is 6.26 Å². The van der Waals surface area contributed by atoms with Crippen LogP contribution in [0, 0.1) is 5.82 Å². The Morgan fingerprint density at radius 3 is 2.35 bits per heavy atom. The van der Waals surface area contributed by atoms with Gasteiger partial charge < -0.3 is 14.5 Å². The van der Waals surface area contributed by atoms with E-state index in [1.54, 1.807) is 42.5 Å². The first kappa shape index (κ1) is 33.1. The lowest BCUT2D eigenvalue weighted by atomic mass is 10.1. The molecule has 0 atom stereocenters. The number of halogens is 2. The number of ether oxygens (including phenoxy) is 1. The average Bonchev–Trinajstić information content (AvgIpc) is 3.53. The van der Waals surface area contributed by atoms with Gasteiger partial charge in [-0.05, 0) is 96.4 Å². The van der Waals surface area contributed by atoms with Crippen molar-refractivity contribution in [2.75, 3.05) is 17.3 Å². The number of fused-ring (bicyclic) bond motifs is 1. The summed E-state index contributed by atoms with van der Waals surface area (Å²) in [5, 5.41) is 4.31. The zero-order valence-corrected chi connectivity index (χ0v) is 27.6. The van der Waals surface area contributed by atoms with E-state index < -0.39 is 20.0 Å². The van der Waals surface area contributed by atoms with Crippen LogP contribution in [0.3, 0.4) is 0 Å². The first-order valence-electron chi connectivity index (χ1n) is 14.4. The molecule has 6 aromatic rings. The van der Waals surface area contributed by atoms with Crippen molar-refractivity contribution < 1.29 is 34.9 Å². The second-order valence-corrected chi connectivity index (χ2v) is 15.0. The first-order valence-corrected chi connectivity index (χ1v) is 18.3. The largest absolute Gasteiger partial charge is 0.487 e. The molecule has 0 spiro atoms. The zero-order chi connectivity index (χ0) is 34.1. The maximum Gasteiger partial charge on any atom is 0.294 e. The standard InChI is InChI=1S/C34H27ClFN3O7S2/c1-47(40,41)14-13-24-16-22(6-12-33(24)48(42,43)44)30-10-11-31(46-30)23-5-8-29-27(17-23)34(38-20-37-29)39-26-7-9-32(28(35)18-26)45-19-21-3-2-4-25(36)15-21/h2-12,15-18,20H,13-14,19H2,1H3,(H,37,38,39)(H,42,43,44). The second kappa shape index (κ2) is 13.4. The van der Waals surface area contributed by atoms with Crippen molar-refractivity contribution in [2.45, 2.75) is 17.9 Å². The smallest absolute Gasteiger partial charge is 0.294 e. The molecule has 0 fully saturated rings. The Balaban J connectivity index is 1.24. The van der Waals surface area contributed by atoms with Crippen molar-refractivity contribution in [3.05, 3.63) is 119 Å². The van der Waals surface area contributed by atoms with Crippen molar-refractivity contribution in [1.29, 1.82) is 0 Å². The summed E-state index contributed by atoms with van der Waals surface area (Å²) in [4.78, 5) is 8.43. The van der Waals surface area contributed by atoms with E-state index >= 15 is 0 Å². The Kier molecular flexibility index (Phi) is 9.21. The van der Waals surface area contributed by atoms with Crippen LogP contribution in [0.5, 0.6) is 5.75 Å². The van der Waals surface area contributed by atoms with Crippen molar-refractivity contribution in [1.82, 2.24) is 9.97 Å². The predicted molar refractivity (Wildman–Crippen MR) is 181 cm³/mol. The van der Waals surface area contributed by atoms with Crippen LogP contribution in [0.1, 0.15) is 11.1 Å². The summed E-state index contributed by atoms with van der Waals surface area (Å²) in [5.41, 5.74) is 3.35. The van der Waals surface area contributed by atoms with Gasteiger partial charge in [-0.15, -0.1) is 0 Å². The van der Waals surface area contributed by atoms with Gasteiger partial charge in [0.1, 0.15) is 51.7 Å². The lowest BCUT2D eigenvalue weighted by molar-refractivity contribution is 0.306. The maximum atomic E-state index is 13.5. The van der Waals surface area contributed by atoms with Gasteiger partial charge in [0.25, 0.3) is 10.1 Å². The zero-order valence-electron chi connectivity index (χ0n) is 25.2. The van der Waals surface area contributed by atoms with Gasteiger partial charge in [-0.25, -0.2) is 22.8 Å². The fourth-order valence-electron chi connectivity index (χ4n) is 5.05. The molecule has 0 aliphatic rings. The summed E-state index contributed by atoms with van der Waals surface area (Å²) in [5.74, 6) is 1.21. The number of benzene rings is 4. The third kappa shape index (κ3) is 7.82. The van der Waals surface area contributed by atoms with Crippen LogP contribution in [0.25, 0.3) is 33.6 Å². The number of aryl methyl sites for hydroxylation is 1. The molecule has 2 aromatic heterocycles. The molecule has 14 heteroatoms. The van der Waals surface area contributed by atoms with Crippen molar-refractivity contribution >= 4 is 54.0 Å². The minimum Gasteiger partial charge on any atom is -0.487 e. The number of hydrogen-bond donors (Lipinski definition) is 2. The van der Waals surface area contributed by atoms with E-state index in [0.29, 0.717) is 61.4 Å². The minimum absolute atomic E-state index is 0.105. The lowest BCUT2D eigenvalue weighted by Crippen LogP contribution is -2.10. The number of nitrogens with zero attached hydrogens (tertiary/aromatic N) is 2. The summed E-state index contributed by atoms with van der Waals surface area (Å²) >= 11 is 6.49. The predicted octanol–water partition coefficient (Wildman–Crippen LogP) is 7.51. The van der Waals surface area contributed by atoms with E-state index in [4.69, 9.17) is 20.8 Å². The molecule has 0 saturated carbocycles. The van der Waals surface area contributed by atoms with Crippen LogP contribution in [-0.4, -0.2) is 43.4 Å². The van der Waals surface area contributed by atoms with E-state index in [1.807, 2.05) is 18.2 Å². The molecule has 0 bridgehead atoms. The second-order valence-electron chi connectivity index (χ2n) is 11.0. The molecule has 0 amide bonds. The summed E-state index contributed by atoms with van der Waals surface area (Å²) in [6.07, 6.45) is 2.38. The molecule has 0 saturated heterocycles. The van der Waals surface area contributed by atoms with Crippen LogP contribution in [0.2, 0.25) is 5.02 Å². The number of furan rings is 1. The van der Waals surface area contributed by atoms with Crippen LogP contribution >= 0.6 is 11.6 Å². The van der Waals surface area contributed by atoms with E-state index in [-0.39, 0.29) is 35.1 Å². The molecule has 0 radical (unpaired) electrons. The molecule has 246 valence electrons. The van der Waals surface area contributed by atoms with Gasteiger partial charge in [0.2, 0.25) is 0 Å². The Bertz CT molecular complexity index is 2380. The quantitative estimate of drug-likeness (QED) is 0.130. The van der Waals surface area contributed by atoms with Gasteiger partial charge in [0.15, 0.2) is 0 Å². The minimum atomic E-state index is -4.57. The SMILES string of the molecule is CS(=O)(=O)CCc1cc(-c2ccc(-c3ccc4ncnc(Nc5ccc(OCc6cccc(F)c6)c(Cl)c5)c4c3)o2)ccc1S(=O)(=O)O. The Morgan fingerprint density at radius 1 is 0.896 bits per heavy atom. The van der Waals surface area contributed by atoms with Gasteiger partial charge in [-0.3, -0.25) is 4.55 Å². The van der Waals surface area contributed by atoms with Crippen molar-refractivity contribution in [2.24, 2.45) is 0 Å². The summed E-state index contributed by atoms with van der Waals surface area (Å²) in [6, 6.07) is 24.5. The molecule has 48 heavy (non-hydrogen) atoms. The van der Waals surface area contributed by atoms with Crippen LogP contribution in [-0.2, 0) is 33.0 Å². The maximum absolute atomic E-state index is 13.5. The highest BCUT2D eigenvalue weighted by Crippen LogP contribution is 2.35. The normalized spacial score (nSPS) is 11.9. The number of sulfone groups is 1. The van der Waals surface area contributed by atoms with E-state index in [9.17, 15) is 25.8 Å². The molecule has 0 aliphatic carbocycles. The monoisotopic (exact) mass is 707 g/mol. The van der Waals surface area contributed by atoms with Gasteiger partial charge in [-0.2, -0.15) is 8.42 Å². The average molecular weight is 708 g/mol. The molecular weight excluding hydrogens is 681 g/mol. The molecule has 10 nitrogen and oxygen atoms in total. The Hall–Kier alpha value is -4.82. The van der Waals surface area contributed by atoms with Gasteiger partial charge >= 0.3 is 0 Å². The van der Waals surface area contributed by atoms with Gasteiger partial charge in [-0.1, -0.05) is 23.7 Å². The molecule has 0 unspecified atom stereocenters. The van der Waals surface area contributed by atoms with Gasteiger partial charge in [0, 0.05) is 28.5 Å². The number of aromatic nitrogens is 2. The molecule has 4 aromatic carbocycles. The lowest BCUT2D eigenvalue weighted by Gasteiger charge is -2.12. The van der Waals surface area contributed by atoms with Crippen LogP contribution in [0.4, 0.5) is 15.9 Å². The topological polar surface area (TPSA) is 149 Å². The molecular formula is C34H27ClFN3O7S2. The molecule has 2 heterocycles. The third-order valence-electron chi connectivity index (χ3n) is 7.37. The number of rotatable bonds is 11. The van der Waals surface area contributed by atoms with Crippen LogP contribution < -0.4 is 10.1 Å². The number of anilines is 2. The number of hydrogen-bond acceptors (Lipinski definition) is 9. The fraction of sp³-hybridized carbons (Fsp3) is 0.118. The number of nitrogens with one attached hydrogen (secondary N) is 1. The Labute approximate surface area is 280 Å². The highest BCUT2D eigenvalue weighted by atomic mass is 35.5. The summed E-state index contributed by atoms with van der Waals surface area (Å²) in [6.45, 7) is 0.151. The van der Waals surface area contributed by atoms with Crippen molar-refractivity contribution in [3.8, 4) is 28.4 Å². The summed E-state index contributed by atoms with van der Waals surface area (Å²) in [7, 11) is -7.96. The Morgan fingerprint density at radius 2 is 1.65 bits per heavy atom. The van der Waals surface area contributed by atoms with Gasteiger partial charge in [0.05, 0.1) is 21.2 Å². The highest BCUT2D eigenvalue weighted by Gasteiger charge is 2.19. The summed E-state index contributed by atoms with van der Waals surface area (Å²) < 4.78 is 82.4. The van der Waals surface area contributed by atoms with E-state index in [2.05, 4.69) is 15.3 Å². The fourth-order valence-corrected chi connectivity index (χ4v) is 6.61. The molecule has 0 aliphatic heterocycles. The van der Waals surface area contributed by atoms with Crippen molar-refractivity contribution in [3.63, 3.8) is 0 Å². The first-order chi connectivity index (χ1) is 22.8. The van der Waals surface area contributed by atoms with E-state index in [1.165, 1.54) is 36.7 Å². The molecule has 2 N–H and O–H groups in total. The van der Waals surface area contributed by atoms with Crippen LogP contribution in [0.15, 0.2) is 107 Å². The third-order valence-corrected chi connectivity index (χ3v) is 9.56.